The zero-order valence-electron chi connectivity index (χ0n) is 11.2. The summed E-state index contributed by atoms with van der Waals surface area (Å²) in [5.74, 6) is 0.374. The minimum Gasteiger partial charge on any atom is -0.399 e. The number of rotatable bonds is 2. The van der Waals surface area contributed by atoms with Gasteiger partial charge in [0.05, 0.1) is 17.8 Å². The average Bonchev–Trinajstić information content (AvgIpc) is 2.47. The van der Waals surface area contributed by atoms with Gasteiger partial charge >= 0.3 is 7.12 Å². The summed E-state index contributed by atoms with van der Waals surface area (Å²) >= 11 is 0. The fourth-order valence-electron chi connectivity index (χ4n) is 1.85. The Morgan fingerprint density at radius 1 is 1.28 bits per heavy atom. The van der Waals surface area contributed by atoms with Crippen molar-refractivity contribution < 1.29 is 14.4 Å². The third kappa shape index (κ3) is 2.11. The van der Waals surface area contributed by atoms with E-state index in [1.165, 1.54) is 0 Å². The molecule has 5 nitrogen and oxygen atoms in total. The lowest BCUT2D eigenvalue weighted by Gasteiger charge is -2.32. The highest BCUT2D eigenvalue weighted by atomic mass is 16.7. The van der Waals surface area contributed by atoms with Gasteiger partial charge in [0.15, 0.2) is 0 Å². The minimum absolute atomic E-state index is 0.119. The average molecular weight is 250 g/mol. The van der Waals surface area contributed by atoms with Gasteiger partial charge in [-0.1, -0.05) is 0 Å². The summed E-state index contributed by atoms with van der Waals surface area (Å²) < 4.78 is 11.8. The molecule has 0 aliphatic carbocycles. The smallest absolute Gasteiger partial charge is 0.399 e. The molecular weight excluding hydrogens is 231 g/mol. The number of hydrogen-bond acceptors (Lipinski definition) is 5. The molecule has 0 amide bonds. The molecule has 1 aliphatic rings. The summed E-state index contributed by atoms with van der Waals surface area (Å²) in [6, 6.07) is 1.64. The van der Waals surface area contributed by atoms with Gasteiger partial charge in [-0.2, -0.15) is 0 Å². The van der Waals surface area contributed by atoms with Gasteiger partial charge in [0, 0.05) is 11.7 Å². The molecule has 0 spiro atoms. The summed E-state index contributed by atoms with van der Waals surface area (Å²) in [6.07, 6.45) is 1.60. The fourth-order valence-corrected chi connectivity index (χ4v) is 1.85. The van der Waals surface area contributed by atoms with E-state index in [1.807, 2.05) is 27.7 Å². The number of anilines is 1. The van der Waals surface area contributed by atoms with Gasteiger partial charge in [-0.25, -0.2) is 4.98 Å². The number of hydrogen-bond donors (Lipinski definition) is 2. The Kier molecular flexibility index (Phi) is 3.13. The molecule has 98 valence electrons. The second-order valence-corrected chi connectivity index (χ2v) is 5.55. The molecule has 6 heteroatoms. The molecule has 0 aromatic carbocycles. The molecule has 0 radical (unpaired) electrons. The maximum Gasteiger partial charge on any atom is 0.496 e. The van der Waals surface area contributed by atoms with Crippen molar-refractivity contribution in [1.82, 2.24) is 4.98 Å². The highest BCUT2D eigenvalue weighted by Crippen LogP contribution is 2.36. The molecular formula is C12H19BN2O3. The lowest BCUT2D eigenvalue weighted by molar-refractivity contribution is 0.00578. The zero-order chi connectivity index (χ0) is 13.6. The maximum atomic E-state index is 9.37. The van der Waals surface area contributed by atoms with E-state index in [2.05, 4.69) is 4.98 Å². The van der Waals surface area contributed by atoms with Crippen LogP contribution in [0.3, 0.4) is 0 Å². The van der Waals surface area contributed by atoms with E-state index in [0.717, 1.165) is 5.46 Å². The highest BCUT2D eigenvalue weighted by molar-refractivity contribution is 6.62. The van der Waals surface area contributed by atoms with Crippen LogP contribution in [0.5, 0.6) is 0 Å². The van der Waals surface area contributed by atoms with Gasteiger partial charge in [-0.05, 0) is 39.3 Å². The van der Waals surface area contributed by atoms with Gasteiger partial charge in [-0.3, -0.25) is 0 Å². The van der Waals surface area contributed by atoms with Crippen LogP contribution in [0.15, 0.2) is 12.3 Å². The Balaban J connectivity index is 2.35. The number of aliphatic hydroxyl groups excluding tert-OH is 1. The molecule has 18 heavy (non-hydrogen) atoms. The number of nitrogens with two attached hydrogens (primary N) is 1. The Bertz CT molecular complexity index is 447. The molecule has 0 unspecified atom stereocenters. The van der Waals surface area contributed by atoms with Crippen LogP contribution in [0.25, 0.3) is 0 Å². The maximum absolute atomic E-state index is 9.37. The van der Waals surface area contributed by atoms with Crippen LogP contribution in [0.4, 0.5) is 5.82 Å². The van der Waals surface area contributed by atoms with Crippen molar-refractivity contribution in [3.8, 4) is 0 Å². The van der Waals surface area contributed by atoms with Crippen LogP contribution in [-0.4, -0.2) is 28.4 Å². The standard InChI is InChI=1S/C12H19BN2O3/c1-11(2)12(3,4)18-13(17-11)9-6-15-10(14)5-8(9)7-16/h5-6,16H,7H2,1-4H3,(H2,14,15). The van der Waals surface area contributed by atoms with Crippen molar-refractivity contribution in [2.75, 3.05) is 5.73 Å². The third-order valence-electron chi connectivity index (χ3n) is 3.72. The first kappa shape index (κ1) is 13.3. The highest BCUT2D eigenvalue weighted by Gasteiger charge is 2.52. The second-order valence-electron chi connectivity index (χ2n) is 5.55. The van der Waals surface area contributed by atoms with Gasteiger partial charge in [0.25, 0.3) is 0 Å². The van der Waals surface area contributed by atoms with Crippen molar-refractivity contribution in [3.05, 3.63) is 17.8 Å². The summed E-state index contributed by atoms with van der Waals surface area (Å²) in [6.45, 7) is 7.81. The lowest BCUT2D eigenvalue weighted by Crippen LogP contribution is -2.41. The largest absolute Gasteiger partial charge is 0.496 e. The van der Waals surface area contributed by atoms with Gasteiger partial charge in [0.2, 0.25) is 0 Å². The quantitative estimate of drug-likeness (QED) is 0.745. The molecule has 1 aliphatic heterocycles. The fraction of sp³-hybridized carbons (Fsp3) is 0.583. The van der Waals surface area contributed by atoms with E-state index in [0.29, 0.717) is 11.4 Å². The molecule has 1 aromatic rings. The first-order valence-corrected chi connectivity index (χ1v) is 5.97. The van der Waals surface area contributed by atoms with E-state index in [4.69, 9.17) is 15.0 Å². The van der Waals surface area contributed by atoms with Crippen LogP contribution in [-0.2, 0) is 15.9 Å². The summed E-state index contributed by atoms with van der Waals surface area (Å²) in [5.41, 5.74) is 6.19. The van der Waals surface area contributed by atoms with Gasteiger partial charge in [-0.15, -0.1) is 0 Å². The predicted octanol–water partition coefficient (Wildman–Crippen LogP) is 0.455. The topological polar surface area (TPSA) is 77.6 Å². The first-order chi connectivity index (χ1) is 8.27. The number of nitrogen functional groups attached to an aromatic ring is 1. The minimum atomic E-state index is -0.523. The molecule has 0 bridgehead atoms. The normalized spacial score (nSPS) is 21.3. The second kappa shape index (κ2) is 4.22. The predicted molar refractivity (Wildman–Crippen MR) is 70.3 cm³/mol. The lowest BCUT2D eigenvalue weighted by atomic mass is 9.77. The molecule has 3 N–H and O–H groups in total. The molecule has 1 fully saturated rings. The molecule has 0 saturated carbocycles. The van der Waals surface area contributed by atoms with Gasteiger partial charge in [0.1, 0.15) is 5.82 Å². The SMILES string of the molecule is CC1(C)OB(c2cnc(N)cc2CO)OC1(C)C. The Morgan fingerprint density at radius 3 is 2.33 bits per heavy atom. The number of nitrogens with zero attached hydrogens (tertiary/aromatic N) is 1. The van der Waals surface area contributed by atoms with Gasteiger partial charge < -0.3 is 20.1 Å². The molecule has 0 atom stereocenters. The summed E-state index contributed by atoms with van der Waals surface area (Å²) in [7, 11) is -0.523. The monoisotopic (exact) mass is 250 g/mol. The molecule has 2 rings (SSSR count). The Morgan fingerprint density at radius 2 is 1.83 bits per heavy atom. The van der Waals surface area contributed by atoms with E-state index < -0.39 is 18.3 Å². The van der Waals surface area contributed by atoms with Crippen molar-refractivity contribution in [2.24, 2.45) is 0 Å². The first-order valence-electron chi connectivity index (χ1n) is 5.97. The number of aliphatic hydroxyl groups is 1. The van der Waals surface area contributed by atoms with Crippen LogP contribution in [0.1, 0.15) is 33.3 Å². The molecule has 1 aromatic heterocycles. The van der Waals surface area contributed by atoms with Crippen LogP contribution < -0.4 is 11.2 Å². The van der Waals surface area contributed by atoms with Crippen LogP contribution in [0, 0.1) is 0 Å². The number of aromatic nitrogens is 1. The van der Waals surface area contributed by atoms with Crippen molar-refractivity contribution in [1.29, 1.82) is 0 Å². The van der Waals surface area contributed by atoms with Crippen molar-refractivity contribution >= 4 is 18.4 Å². The third-order valence-corrected chi connectivity index (χ3v) is 3.72. The molecule has 2 heterocycles. The van der Waals surface area contributed by atoms with Crippen molar-refractivity contribution in [3.63, 3.8) is 0 Å². The van der Waals surface area contributed by atoms with E-state index >= 15 is 0 Å². The Hall–Kier alpha value is -1.11. The summed E-state index contributed by atoms with van der Waals surface area (Å²) in [5, 5.41) is 9.37. The Labute approximate surface area is 107 Å². The molecule has 1 saturated heterocycles. The van der Waals surface area contributed by atoms with Crippen LogP contribution >= 0.6 is 0 Å². The van der Waals surface area contributed by atoms with E-state index in [-0.39, 0.29) is 6.61 Å². The van der Waals surface area contributed by atoms with Crippen LogP contribution in [0.2, 0.25) is 0 Å². The van der Waals surface area contributed by atoms with E-state index in [9.17, 15) is 5.11 Å². The van der Waals surface area contributed by atoms with Crippen molar-refractivity contribution in [2.45, 2.75) is 45.5 Å². The van der Waals surface area contributed by atoms with E-state index in [1.54, 1.807) is 12.3 Å². The number of pyridine rings is 1. The zero-order valence-corrected chi connectivity index (χ0v) is 11.2. The summed E-state index contributed by atoms with van der Waals surface area (Å²) in [4.78, 5) is 4.03.